The Hall–Kier alpha value is -1.35. The van der Waals surface area contributed by atoms with Crippen LogP contribution < -0.4 is 16.0 Å². The summed E-state index contributed by atoms with van der Waals surface area (Å²) < 4.78 is 5.59. The summed E-state index contributed by atoms with van der Waals surface area (Å²) in [6.07, 6.45) is 4.40. The summed E-state index contributed by atoms with van der Waals surface area (Å²) in [6, 6.07) is 10.1. The molecule has 0 bridgehead atoms. The van der Waals surface area contributed by atoms with E-state index in [1.54, 1.807) is 7.05 Å². The second-order valence-corrected chi connectivity index (χ2v) is 6.31. The molecule has 3 N–H and O–H groups in total. The standard InChI is InChI=1S/C19H30N4O2.HI/c1-20-19(22-11-5-13-25-15-17-8-9-17)23-14-18(24)21-12-10-16-6-3-2-4-7-16;/h2-4,6-7,17H,5,8-15H2,1H3,(H,21,24)(H2,20,22,23);1H. The first-order chi connectivity index (χ1) is 12.3. The molecule has 26 heavy (non-hydrogen) atoms. The van der Waals surface area contributed by atoms with Gasteiger partial charge in [0.1, 0.15) is 0 Å². The Morgan fingerprint density at radius 2 is 1.92 bits per heavy atom. The lowest BCUT2D eigenvalue weighted by Gasteiger charge is -2.12. The van der Waals surface area contributed by atoms with Gasteiger partial charge in [0.25, 0.3) is 0 Å². The minimum atomic E-state index is -0.0355. The average molecular weight is 474 g/mol. The minimum absolute atomic E-state index is 0. The molecule has 0 radical (unpaired) electrons. The van der Waals surface area contributed by atoms with Crippen LogP contribution in [0.4, 0.5) is 0 Å². The van der Waals surface area contributed by atoms with Gasteiger partial charge in [-0.2, -0.15) is 0 Å². The Kier molecular flexibility index (Phi) is 12.0. The van der Waals surface area contributed by atoms with E-state index in [4.69, 9.17) is 4.74 Å². The number of nitrogens with zero attached hydrogens (tertiary/aromatic N) is 1. The van der Waals surface area contributed by atoms with Crippen LogP contribution in [0.1, 0.15) is 24.8 Å². The molecule has 6 nitrogen and oxygen atoms in total. The van der Waals surface area contributed by atoms with Gasteiger partial charge in [-0.05, 0) is 37.2 Å². The van der Waals surface area contributed by atoms with Gasteiger partial charge in [-0.3, -0.25) is 9.79 Å². The van der Waals surface area contributed by atoms with Gasteiger partial charge in [-0.25, -0.2) is 0 Å². The van der Waals surface area contributed by atoms with E-state index in [-0.39, 0.29) is 36.4 Å². The van der Waals surface area contributed by atoms with Crippen LogP contribution in [0.5, 0.6) is 0 Å². The highest BCUT2D eigenvalue weighted by Gasteiger charge is 2.20. The van der Waals surface area contributed by atoms with Crippen LogP contribution in [0, 0.1) is 5.92 Å². The summed E-state index contributed by atoms with van der Waals surface area (Å²) >= 11 is 0. The molecule has 1 aromatic rings. The maximum Gasteiger partial charge on any atom is 0.239 e. The zero-order valence-electron chi connectivity index (χ0n) is 15.5. The van der Waals surface area contributed by atoms with Crippen molar-refractivity contribution < 1.29 is 9.53 Å². The van der Waals surface area contributed by atoms with E-state index in [1.165, 1.54) is 18.4 Å². The fourth-order valence-electron chi connectivity index (χ4n) is 2.35. The number of benzene rings is 1. The van der Waals surface area contributed by atoms with Crippen LogP contribution in [0.3, 0.4) is 0 Å². The Bertz CT molecular complexity index is 536. The van der Waals surface area contributed by atoms with E-state index >= 15 is 0 Å². The average Bonchev–Trinajstić information content (AvgIpc) is 3.45. The van der Waals surface area contributed by atoms with Crippen LogP contribution >= 0.6 is 24.0 Å². The third-order valence-electron chi connectivity index (χ3n) is 4.03. The van der Waals surface area contributed by atoms with E-state index in [2.05, 4.69) is 33.1 Å². The molecule has 0 atom stereocenters. The molecular weight excluding hydrogens is 443 g/mol. The molecule has 0 aliphatic heterocycles. The lowest BCUT2D eigenvalue weighted by Crippen LogP contribution is -2.43. The Morgan fingerprint density at radius 3 is 2.62 bits per heavy atom. The summed E-state index contributed by atoms with van der Waals surface area (Å²) in [4.78, 5) is 16.0. The van der Waals surface area contributed by atoms with Crippen LogP contribution in [0.2, 0.25) is 0 Å². The minimum Gasteiger partial charge on any atom is -0.381 e. The van der Waals surface area contributed by atoms with Crippen molar-refractivity contribution in [2.45, 2.75) is 25.7 Å². The summed E-state index contributed by atoms with van der Waals surface area (Å²) in [7, 11) is 1.70. The highest BCUT2D eigenvalue weighted by atomic mass is 127. The molecule has 146 valence electrons. The van der Waals surface area contributed by atoms with Gasteiger partial charge in [0.05, 0.1) is 6.54 Å². The molecule has 0 heterocycles. The number of aliphatic imine (C=N–C) groups is 1. The van der Waals surface area contributed by atoms with Gasteiger partial charge >= 0.3 is 0 Å². The van der Waals surface area contributed by atoms with Gasteiger partial charge in [0, 0.05) is 33.4 Å². The number of carbonyl (C=O) groups excluding carboxylic acids is 1. The molecule has 2 rings (SSSR count). The van der Waals surface area contributed by atoms with Crippen molar-refractivity contribution in [1.82, 2.24) is 16.0 Å². The Morgan fingerprint density at radius 1 is 1.15 bits per heavy atom. The largest absolute Gasteiger partial charge is 0.381 e. The van der Waals surface area contributed by atoms with Crippen LogP contribution in [-0.2, 0) is 16.0 Å². The highest BCUT2D eigenvalue weighted by Crippen LogP contribution is 2.28. The zero-order chi connectivity index (χ0) is 17.7. The van der Waals surface area contributed by atoms with Crippen LogP contribution in [0.25, 0.3) is 0 Å². The molecule has 1 aliphatic rings. The lowest BCUT2D eigenvalue weighted by atomic mass is 10.1. The Balaban J connectivity index is 0.00000338. The van der Waals surface area contributed by atoms with Crippen molar-refractivity contribution >= 4 is 35.8 Å². The van der Waals surface area contributed by atoms with Crippen molar-refractivity contribution in [3.63, 3.8) is 0 Å². The third kappa shape index (κ3) is 10.6. The van der Waals surface area contributed by atoms with E-state index < -0.39 is 0 Å². The monoisotopic (exact) mass is 474 g/mol. The van der Waals surface area contributed by atoms with Gasteiger partial charge in [0.15, 0.2) is 5.96 Å². The van der Waals surface area contributed by atoms with Crippen LogP contribution in [-0.4, -0.2) is 51.8 Å². The van der Waals surface area contributed by atoms with E-state index in [0.717, 1.165) is 38.5 Å². The summed E-state index contributed by atoms with van der Waals surface area (Å²) in [5.41, 5.74) is 1.22. The predicted molar refractivity (Wildman–Crippen MR) is 116 cm³/mol. The number of carbonyl (C=O) groups is 1. The first-order valence-electron chi connectivity index (χ1n) is 9.11. The molecule has 0 spiro atoms. The summed E-state index contributed by atoms with van der Waals surface area (Å²) in [5.74, 6) is 1.41. The van der Waals surface area contributed by atoms with E-state index in [9.17, 15) is 4.79 Å². The maximum atomic E-state index is 11.9. The number of ether oxygens (including phenoxy) is 1. The summed E-state index contributed by atoms with van der Waals surface area (Å²) in [5, 5.41) is 9.12. The molecule has 1 fully saturated rings. The fourth-order valence-corrected chi connectivity index (χ4v) is 2.35. The molecule has 1 saturated carbocycles. The summed E-state index contributed by atoms with van der Waals surface area (Å²) in [6.45, 7) is 3.29. The second-order valence-electron chi connectivity index (χ2n) is 6.31. The van der Waals surface area contributed by atoms with Crippen molar-refractivity contribution in [1.29, 1.82) is 0 Å². The van der Waals surface area contributed by atoms with Crippen molar-refractivity contribution in [2.75, 3.05) is 39.9 Å². The number of halogens is 1. The number of amides is 1. The second kappa shape index (κ2) is 13.8. The fraction of sp³-hybridized carbons (Fsp3) is 0.579. The Labute approximate surface area is 173 Å². The molecule has 7 heteroatoms. The molecule has 1 aromatic carbocycles. The number of rotatable bonds is 11. The topological polar surface area (TPSA) is 74.8 Å². The van der Waals surface area contributed by atoms with Crippen molar-refractivity contribution in [2.24, 2.45) is 10.9 Å². The zero-order valence-corrected chi connectivity index (χ0v) is 17.8. The molecule has 1 aliphatic carbocycles. The smallest absolute Gasteiger partial charge is 0.239 e. The van der Waals surface area contributed by atoms with Gasteiger partial charge in [-0.1, -0.05) is 30.3 Å². The number of hydrogen-bond acceptors (Lipinski definition) is 3. The number of guanidine groups is 1. The SMILES string of the molecule is CN=C(NCCCOCC1CC1)NCC(=O)NCCc1ccccc1.I. The highest BCUT2D eigenvalue weighted by molar-refractivity contribution is 14.0. The first kappa shape index (κ1) is 22.7. The van der Waals surface area contributed by atoms with E-state index in [1.807, 2.05) is 18.2 Å². The number of nitrogens with one attached hydrogen (secondary N) is 3. The van der Waals surface area contributed by atoms with Gasteiger partial charge in [0.2, 0.25) is 5.91 Å². The molecular formula is C19H31IN4O2. The maximum absolute atomic E-state index is 11.9. The number of hydrogen-bond donors (Lipinski definition) is 3. The lowest BCUT2D eigenvalue weighted by molar-refractivity contribution is -0.119. The molecule has 0 aromatic heterocycles. The van der Waals surface area contributed by atoms with Crippen molar-refractivity contribution in [3.8, 4) is 0 Å². The predicted octanol–water partition coefficient (Wildman–Crippen LogP) is 1.94. The third-order valence-corrected chi connectivity index (χ3v) is 4.03. The molecule has 1 amide bonds. The molecule has 0 unspecified atom stereocenters. The van der Waals surface area contributed by atoms with E-state index in [0.29, 0.717) is 12.5 Å². The van der Waals surface area contributed by atoms with Crippen molar-refractivity contribution in [3.05, 3.63) is 35.9 Å². The van der Waals surface area contributed by atoms with Crippen LogP contribution in [0.15, 0.2) is 35.3 Å². The normalized spacial score (nSPS) is 13.7. The molecule has 0 saturated heterocycles. The van der Waals surface area contributed by atoms with Gasteiger partial charge in [-0.15, -0.1) is 24.0 Å². The quantitative estimate of drug-likeness (QED) is 0.198. The first-order valence-corrected chi connectivity index (χ1v) is 9.11. The van der Waals surface area contributed by atoms with Gasteiger partial charge < -0.3 is 20.7 Å².